The highest BCUT2D eigenvalue weighted by Gasteiger charge is 2.17. The van der Waals surface area contributed by atoms with E-state index < -0.39 is 11.8 Å². The maximum Gasteiger partial charge on any atom is 0.335 e. The van der Waals surface area contributed by atoms with Gasteiger partial charge in [0.2, 0.25) is 0 Å². The van der Waals surface area contributed by atoms with Gasteiger partial charge in [0.25, 0.3) is 0 Å². The van der Waals surface area contributed by atoms with Crippen LogP contribution in [0.5, 0.6) is 0 Å². The summed E-state index contributed by atoms with van der Waals surface area (Å²) < 4.78 is 14.3. The zero-order valence-electron chi connectivity index (χ0n) is 15.3. The second-order valence-corrected chi connectivity index (χ2v) is 7.82. The molecular formula is C22H19ClFNO2. The number of rotatable bonds is 3. The summed E-state index contributed by atoms with van der Waals surface area (Å²) in [7, 11) is 0. The third kappa shape index (κ3) is 4.17. The van der Waals surface area contributed by atoms with Crippen molar-refractivity contribution < 1.29 is 14.3 Å². The molecule has 3 aromatic rings. The van der Waals surface area contributed by atoms with E-state index in [0.29, 0.717) is 16.7 Å². The number of aromatic nitrogens is 1. The van der Waals surface area contributed by atoms with Crippen LogP contribution in [-0.4, -0.2) is 16.1 Å². The van der Waals surface area contributed by atoms with Crippen molar-refractivity contribution in [2.75, 3.05) is 0 Å². The van der Waals surface area contributed by atoms with Crippen LogP contribution in [0.25, 0.3) is 22.3 Å². The number of benzene rings is 2. The number of hydrogen-bond acceptors (Lipinski definition) is 2. The molecule has 27 heavy (non-hydrogen) atoms. The lowest BCUT2D eigenvalue weighted by Gasteiger charge is -2.18. The van der Waals surface area contributed by atoms with Gasteiger partial charge in [-0.15, -0.1) is 0 Å². The summed E-state index contributed by atoms with van der Waals surface area (Å²) in [6.45, 7) is 6.21. The number of carboxylic acids is 1. The van der Waals surface area contributed by atoms with Crippen LogP contribution in [0, 0.1) is 5.82 Å². The number of aromatic carboxylic acids is 1. The first-order valence-electron chi connectivity index (χ1n) is 8.46. The summed E-state index contributed by atoms with van der Waals surface area (Å²) in [4.78, 5) is 15.5. The number of pyridine rings is 1. The molecule has 0 fully saturated rings. The zero-order chi connectivity index (χ0) is 19.8. The van der Waals surface area contributed by atoms with Crippen LogP contribution in [-0.2, 0) is 5.41 Å². The van der Waals surface area contributed by atoms with Crippen molar-refractivity contribution in [2.24, 2.45) is 0 Å². The molecule has 0 aliphatic carbocycles. The molecule has 3 rings (SSSR count). The highest BCUT2D eigenvalue weighted by Crippen LogP contribution is 2.33. The highest BCUT2D eigenvalue weighted by molar-refractivity contribution is 6.33. The van der Waals surface area contributed by atoms with Crippen molar-refractivity contribution in [2.45, 2.75) is 26.2 Å². The molecule has 1 N–H and O–H groups in total. The fourth-order valence-electron chi connectivity index (χ4n) is 2.81. The van der Waals surface area contributed by atoms with Crippen LogP contribution < -0.4 is 0 Å². The fraction of sp³-hybridized carbons (Fsp3) is 0.182. The zero-order valence-corrected chi connectivity index (χ0v) is 16.0. The van der Waals surface area contributed by atoms with Gasteiger partial charge in [-0.3, -0.25) is 4.98 Å². The number of halogens is 2. The van der Waals surface area contributed by atoms with Crippen LogP contribution in [0.2, 0.25) is 5.02 Å². The smallest absolute Gasteiger partial charge is 0.335 e. The van der Waals surface area contributed by atoms with Gasteiger partial charge in [0.05, 0.1) is 5.56 Å². The summed E-state index contributed by atoms with van der Waals surface area (Å²) in [6.07, 6.45) is 1.72. The third-order valence-corrected chi connectivity index (χ3v) is 4.60. The minimum Gasteiger partial charge on any atom is -0.478 e. The van der Waals surface area contributed by atoms with E-state index in [4.69, 9.17) is 16.7 Å². The van der Waals surface area contributed by atoms with Gasteiger partial charge in [0.1, 0.15) is 5.82 Å². The van der Waals surface area contributed by atoms with Crippen molar-refractivity contribution >= 4 is 17.6 Å². The van der Waals surface area contributed by atoms with Gasteiger partial charge < -0.3 is 5.11 Å². The Balaban J connectivity index is 2.10. The van der Waals surface area contributed by atoms with Gasteiger partial charge in [0, 0.05) is 27.9 Å². The Morgan fingerprint density at radius 3 is 2.33 bits per heavy atom. The maximum absolute atomic E-state index is 14.3. The van der Waals surface area contributed by atoms with Crippen LogP contribution in [0.15, 0.2) is 54.7 Å². The predicted octanol–water partition coefficient (Wildman–Crippen LogP) is 6.20. The van der Waals surface area contributed by atoms with Crippen molar-refractivity contribution in [1.29, 1.82) is 0 Å². The average molecular weight is 384 g/mol. The number of carbonyl (C=O) groups is 1. The fourth-order valence-corrected chi connectivity index (χ4v) is 3.10. The van der Waals surface area contributed by atoms with Gasteiger partial charge in [-0.1, -0.05) is 38.4 Å². The van der Waals surface area contributed by atoms with Gasteiger partial charge in [0.15, 0.2) is 0 Å². The molecule has 0 saturated heterocycles. The first kappa shape index (κ1) is 19.1. The van der Waals surface area contributed by atoms with E-state index in [0.717, 1.165) is 11.3 Å². The second kappa shape index (κ2) is 7.12. The Morgan fingerprint density at radius 1 is 1.00 bits per heavy atom. The molecule has 0 saturated carbocycles. The minimum atomic E-state index is -1.06. The summed E-state index contributed by atoms with van der Waals surface area (Å²) in [6, 6.07) is 12.9. The first-order valence-corrected chi connectivity index (χ1v) is 8.83. The maximum atomic E-state index is 14.3. The first-order chi connectivity index (χ1) is 12.6. The quantitative estimate of drug-likeness (QED) is 0.585. The van der Waals surface area contributed by atoms with Crippen molar-refractivity contribution in [3.05, 3.63) is 76.8 Å². The van der Waals surface area contributed by atoms with Crippen LogP contribution in [0.3, 0.4) is 0 Å². The molecule has 0 radical (unpaired) electrons. The topological polar surface area (TPSA) is 50.2 Å². The van der Waals surface area contributed by atoms with Crippen LogP contribution in [0.4, 0.5) is 4.39 Å². The van der Waals surface area contributed by atoms with E-state index in [2.05, 4.69) is 25.8 Å². The van der Waals surface area contributed by atoms with E-state index in [1.165, 1.54) is 24.3 Å². The van der Waals surface area contributed by atoms with Crippen molar-refractivity contribution in [3.8, 4) is 22.3 Å². The number of nitrogens with zero attached hydrogens (tertiary/aromatic N) is 1. The van der Waals surface area contributed by atoms with Gasteiger partial charge >= 0.3 is 5.97 Å². The minimum absolute atomic E-state index is 0.0873. The molecule has 0 aliphatic rings. The molecule has 1 heterocycles. The van der Waals surface area contributed by atoms with Gasteiger partial charge in [-0.2, -0.15) is 0 Å². The molecule has 2 aromatic carbocycles. The standard InChI is InChI=1S/C22H19ClFNO2/c1-22(2,3)20-12-13(6-7-25-20)15-8-16(10-17(24)9-15)18-5-4-14(21(26)27)11-19(18)23/h4-12H,1-3H3,(H,26,27). The lowest BCUT2D eigenvalue weighted by Crippen LogP contribution is -2.13. The molecule has 3 nitrogen and oxygen atoms in total. The predicted molar refractivity (Wildman–Crippen MR) is 106 cm³/mol. The molecule has 1 aromatic heterocycles. The molecule has 5 heteroatoms. The third-order valence-electron chi connectivity index (χ3n) is 4.29. The molecule has 0 amide bonds. The Labute approximate surface area is 162 Å². The molecule has 0 unspecified atom stereocenters. The summed E-state index contributed by atoms with van der Waals surface area (Å²) >= 11 is 6.25. The van der Waals surface area contributed by atoms with Crippen molar-refractivity contribution in [3.63, 3.8) is 0 Å². The van der Waals surface area contributed by atoms with E-state index >= 15 is 0 Å². The Morgan fingerprint density at radius 2 is 1.70 bits per heavy atom. The van der Waals surface area contributed by atoms with Gasteiger partial charge in [-0.25, -0.2) is 9.18 Å². The lowest BCUT2D eigenvalue weighted by molar-refractivity contribution is 0.0697. The Hall–Kier alpha value is -2.72. The number of carboxylic acid groups (broad SMARTS) is 1. The van der Waals surface area contributed by atoms with Gasteiger partial charge in [-0.05, 0) is 59.2 Å². The van der Waals surface area contributed by atoms with E-state index in [-0.39, 0.29) is 16.0 Å². The van der Waals surface area contributed by atoms with Crippen LogP contribution in [0.1, 0.15) is 36.8 Å². The molecule has 0 bridgehead atoms. The van der Waals surface area contributed by atoms with E-state index in [9.17, 15) is 9.18 Å². The molecule has 0 aliphatic heterocycles. The van der Waals surface area contributed by atoms with Crippen molar-refractivity contribution in [1.82, 2.24) is 4.98 Å². The SMILES string of the molecule is CC(C)(C)c1cc(-c2cc(F)cc(-c3ccc(C(=O)O)cc3Cl)c2)ccn1. The summed E-state index contributed by atoms with van der Waals surface area (Å²) in [5.74, 6) is -1.45. The number of hydrogen-bond donors (Lipinski definition) is 1. The largest absolute Gasteiger partial charge is 0.478 e. The molecule has 0 atom stereocenters. The molecule has 138 valence electrons. The Kier molecular flexibility index (Phi) is 5.03. The summed E-state index contributed by atoms with van der Waals surface area (Å²) in [5.41, 5.74) is 3.60. The van der Waals surface area contributed by atoms with E-state index in [1.54, 1.807) is 12.3 Å². The Bertz CT molecular complexity index is 1030. The highest BCUT2D eigenvalue weighted by atomic mass is 35.5. The average Bonchev–Trinajstić information content (AvgIpc) is 2.60. The normalized spacial score (nSPS) is 11.4. The van der Waals surface area contributed by atoms with Crippen LogP contribution >= 0.6 is 11.6 Å². The second-order valence-electron chi connectivity index (χ2n) is 7.41. The summed E-state index contributed by atoms with van der Waals surface area (Å²) in [5, 5.41) is 9.34. The molecule has 0 spiro atoms. The van der Waals surface area contributed by atoms with E-state index in [1.807, 2.05) is 18.2 Å². The lowest BCUT2D eigenvalue weighted by atomic mass is 9.89. The molecular weight excluding hydrogens is 365 g/mol. The monoisotopic (exact) mass is 383 g/mol.